The molecule has 0 heterocycles. The number of unbranched alkanes of at least 4 members (excludes halogenated alkanes) is 2. The zero-order valence-electron chi connectivity index (χ0n) is 18.9. The largest absolute Gasteiger partial charge is 0.422 e. The van der Waals surface area contributed by atoms with Crippen molar-refractivity contribution in [1.82, 2.24) is 0 Å². The average molecular weight is 506 g/mol. The summed E-state index contributed by atoms with van der Waals surface area (Å²) in [5.41, 5.74) is -2.66. The summed E-state index contributed by atoms with van der Waals surface area (Å²) in [6.45, 7) is 2.06. The Morgan fingerprint density at radius 3 is 1.72 bits per heavy atom. The maximum atomic E-state index is 14.4. The lowest BCUT2D eigenvalue weighted by Gasteiger charge is -2.09. The van der Waals surface area contributed by atoms with E-state index >= 15 is 0 Å². The molecule has 3 rings (SSSR count). The van der Waals surface area contributed by atoms with Gasteiger partial charge in [0.25, 0.3) is 0 Å². The maximum Gasteiger partial charge on any atom is 0.422 e. The minimum atomic E-state index is -5.26. The van der Waals surface area contributed by atoms with Gasteiger partial charge in [0, 0.05) is 11.1 Å². The first kappa shape index (κ1) is 26.8. The van der Waals surface area contributed by atoms with Crippen LogP contribution in [0.5, 0.6) is 0 Å². The van der Waals surface area contributed by atoms with Crippen LogP contribution in [0.4, 0.5) is 35.1 Å². The lowest BCUT2D eigenvalue weighted by molar-refractivity contribution is -0.142. The summed E-state index contributed by atoms with van der Waals surface area (Å²) in [5, 5.41) is 0. The molecule has 8 heteroatoms. The number of hydrogen-bond acceptors (Lipinski definition) is 0. The number of halogens is 8. The Kier molecular flexibility index (Phi) is 8.42. The molecule has 0 aromatic heterocycles. The second-order valence-electron chi connectivity index (χ2n) is 7.90. The van der Waals surface area contributed by atoms with Gasteiger partial charge in [-0.2, -0.15) is 13.2 Å². The molecule has 0 aliphatic rings. The van der Waals surface area contributed by atoms with Crippen LogP contribution in [0.3, 0.4) is 0 Å². The highest BCUT2D eigenvalue weighted by atomic mass is 19.4. The average Bonchev–Trinajstić information content (AvgIpc) is 2.76. The number of benzene rings is 3. The van der Waals surface area contributed by atoms with Crippen LogP contribution in [-0.2, 0) is 12.6 Å². The van der Waals surface area contributed by atoms with Crippen molar-refractivity contribution >= 4 is 0 Å². The van der Waals surface area contributed by atoms with Crippen molar-refractivity contribution in [3.63, 3.8) is 0 Å². The first-order valence-electron chi connectivity index (χ1n) is 10.9. The van der Waals surface area contributed by atoms with E-state index in [4.69, 9.17) is 0 Å². The van der Waals surface area contributed by atoms with Gasteiger partial charge in [-0.25, -0.2) is 22.0 Å². The number of alkyl halides is 3. The zero-order valence-corrected chi connectivity index (χ0v) is 18.9. The van der Waals surface area contributed by atoms with Gasteiger partial charge in [0.1, 0.15) is 34.6 Å². The maximum absolute atomic E-state index is 14.4. The molecule has 0 fully saturated rings. The molecule has 0 nitrogen and oxygen atoms in total. The molecular formula is C28H18F8. The molecule has 0 aliphatic heterocycles. The summed E-state index contributed by atoms with van der Waals surface area (Å²) in [7, 11) is 0. The SMILES string of the molecule is CCCCCc1ccc(C#Cc2cc(F)c(C#Cc3cc(F)c(C(F)(F)F)c(F)c3)c(F)c2)c(F)c1. The van der Waals surface area contributed by atoms with Crippen LogP contribution in [0, 0.1) is 52.8 Å². The molecule has 0 spiro atoms. The quantitative estimate of drug-likeness (QED) is 0.192. The first-order valence-corrected chi connectivity index (χ1v) is 10.9. The molecule has 3 aromatic rings. The summed E-state index contributed by atoms with van der Waals surface area (Å²) in [6.07, 6.45) is -1.54. The van der Waals surface area contributed by atoms with E-state index in [0.29, 0.717) is 12.1 Å². The molecule has 0 atom stereocenters. The monoisotopic (exact) mass is 506 g/mol. The summed E-state index contributed by atoms with van der Waals surface area (Å²) in [4.78, 5) is 0. The Morgan fingerprint density at radius 1 is 0.639 bits per heavy atom. The molecule has 0 unspecified atom stereocenters. The molecule has 3 aromatic carbocycles. The third kappa shape index (κ3) is 6.66. The lowest BCUT2D eigenvalue weighted by atomic mass is 10.0. The summed E-state index contributed by atoms with van der Waals surface area (Å²) in [5.74, 6) is 2.37. The molecule has 0 saturated carbocycles. The van der Waals surface area contributed by atoms with Crippen LogP contribution in [0.1, 0.15) is 59.6 Å². The minimum Gasteiger partial charge on any atom is -0.206 e. The van der Waals surface area contributed by atoms with Gasteiger partial charge in [-0.3, -0.25) is 0 Å². The number of hydrogen-bond donors (Lipinski definition) is 0. The normalized spacial score (nSPS) is 10.9. The van der Waals surface area contributed by atoms with E-state index in [-0.39, 0.29) is 11.1 Å². The number of rotatable bonds is 4. The van der Waals surface area contributed by atoms with Crippen LogP contribution >= 0.6 is 0 Å². The van der Waals surface area contributed by atoms with Gasteiger partial charge in [-0.15, -0.1) is 0 Å². The topological polar surface area (TPSA) is 0 Å². The number of aryl methyl sites for hydroxylation is 1. The summed E-state index contributed by atoms with van der Waals surface area (Å²) in [6, 6.07) is 6.90. The van der Waals surface area contributed by atoms with E-state index in [9.17, 15) is 35.1 Å². The van der Waals surface area contributed by atoms with Crippen LogP contribution in [0.25, 0.3) is 0 Å². The van der Waals surface area contributed by atoms with Crippen molar-refractivity contribution < 1.29 is 35.1 Å². The van der Waals surface area contributed by atoms with Crippen molar-refractivity contribution in [2.45, 2.75) is 38.8 Å². The van der Waals surface area contributed by atoms with Gasteiger partial charge in [-0.05, 0) is 54.8 Å². The van der Waals surface area contributed by atoms with Crippen molar-refractivity contribution in [1.29, 1.82) is 0 Å². The van der Waals surface area contributed by atoms with Crippen molar-refractivity contribution in [3.05, 3.63) is 105 Å². The third-order valence-electron chi connectivity index (χ3n) is 5.14. The Morgan fingerprint density at radius 2 is 1.19 bits per heavy atom. The Balaban J connectivity index is 1.84. The summed E-state index contributed by atoms with van der Waals surface area (Å²) >= 11 is 0. The van der Waals surface area contributed by atoms with Crippen LogP contribution < -0.4 is 0 Å². The third-order valence-corrected chi connectivity index (χ3v) is 5.14. The van der Waals surface area contributed by atoms with Gasteiger partial charge in [-0.1, -0.05) is 49.5 Å². The summed E-state index contributed by atoms with van der Waals surface area (Å²) < 4.78 is 108. The molecule has 0 radical (unpaired) electrons. The van der Waals surface area contributed by atoms with Gasteiger partial charge in [0.2, 0.25) is 0 Å². The molecule has 0 saturated heterocycles. The molecule has 0 aliphatic carbocycles. The molecule has 36 heavy (non-hydrogen) atoms. The van der Waals surface area contributed by atoms with Gasteiger partial charge in [0.15, 0.2) is 0 Å². The Labute approximate surface area is 203 Å². The van der Waals surface area contributed by atoms with E-state index in [2.05, 4.69) is 18.8 Å². The van der Waals surface area contributed by atoms with Crippen LogP contribution in [-0.4, -0.2) is 0 Å². The first-order chi connectivity index (χ1) is 17.0. The van der Waals surface area contributed by atoms with Gasteiger partial charge >= 0.3 is 6.18 Å². The zero-order chi connectivity index (χ0) is 26.5. The standard InChI is InChI=1S/C28H18F8/c1-2-3-4-5-17-6-9-20(22(29)12-17)10-7-18-13-23(30)21(24(31)14-18)11-8-19-15-25(32)27(26(33)16-19)28(34,35)36/h6,9,12-16H,2-5H2,1H3. The fourth-order valence-corrected chi connectivity index (χ4v) is 3.35. The van der Waals surface area contributed by atoms with Gasteiger partial charge in [0.05, 0.1) is 11.1 Å². The van der Waals surface area contributed by atoms with E-state index in [1.807, 2.05) is 11.8 Å². The lowest BCUT2D eigenvalue weighted by Crippen LogP contribution is -2.11. The van der Waals surface area contributed by atoms with E-state index < -0.39 is 52.0 Å². The fraction of sp³-hybridized carbons (Fsp3) is 0.214. The predicted molar refractivity (Wildman–Crippen MR) is 119 cm³/mol. The second-order valence-corrected chi connectivity index (χ2v) is 7.90. The fourth-order valence-electron chi connectivity index (χ4n) is 3.35. The highest BCUT2D eigenvalue weighted by Crippen LogP contribution is 2.33. The van der Waals surface area contributed by atoms with Crippen molar-refractivity contribution in [2.24, 2.45) is 0 Å². The highest BCUT2D eigenvalue weighted by molar-refractivity contribution is 5.50. The van der Waals surface area contributed by atoms with Crippen molar-refractivity contribution in [3.8, 4) is 23.7 Å². The molecular weight excluding hydrogens is 488 g/mol. The Bertz CT molecular complexity index is 1350. The predicted octanol–water partition coefficient (Wildman–Crippen LogP) is 7.93. The van der Waals surface area contributed by atoms with E-state index in [1.54, 1.807) is 6.07 Å². The molecule has 0 bridgehead atoms. The highest BCUT2D eigenvalue weighted by Gasteiger charge is 2.37. The molecule has 0 amide bonds. The van der Waals surface area contributed by atoms with Crippen LogP contribution in [0.15, 0.2) is 42.5 Å². The smallest absolute Gasteiger partial charge is 0.206 e. The van der Waals surface area contributed by atoms with Crippen molar-refractivity contribution in [2.75, 3.05) is 0 Å². The second kappa shape index (κ2) is 11.3. The minimum absolute atomic E-state index is 0.0466. The van der Waals surface area contributed by atoms with E-state index in [1.165, 1.54) is 12.1 Å². The van der Waals surface area contributed by atoms with Gasteiger partial charge < -0.3 is 0 Å². The van der Waals surface area contributed by atoms with Crippen LogP contribution in [0.2, 0.25) is 0 Å². The molecule has 0 N–H and O–H groups in total. The Hall–Kier alpha value is -3.78. The molecule has 186 valence electrons. The van der Waals surface area contributed by atoms with E-state index in [0.717, 1.165) is 43.4 Å².